The third-order valence-corrected chi connectivity index (χ3v) is 3.09. The molecule has 4 N–H and O–H groups in total. The Morgan fingerprint density at radius 2 is 1.54 bits per heavy atom. The highest BCUT2D eigenvalue weighted by atomic mass is 15.1. The van der Waals surface area contributed by atoms with Gasteiger partial charge >= 0.3 is 0 Å². The van der Waals surface area contributed by atoms with E-state index in [9.17, 15) is 0 Å². The van der Waals surface area contributed by atoms with E-state index in [0.717, 1.165) is 6.54 Å². The number of hydrogen-bond donors (Lipinski definition) is 2. The summed E-state index contributed by atoms with van der Waals surface area (Å²) in [6, 6.07) is 0. The highest BCUT2D eigenvalue weighted by Gasteiger charge is 2.10. The summed E-state index contributed by atoms with van der Waals surface area (Å²) in [5, 5.41) is 0. The lowest BCUT2D eigenvalue weighted by Gasteiger charge is -2.16. The molecular formula is C11H26N2+2. The lowest BCUT2D eigenvalue weighted by molar-refractivity contribution is -0.899. The summed E-state index contributed by atoms with van der Waals surface area (Å²) in [6.07, 6.45) is 10.0. The Kier molecular flexibility index (Phi) is 6.21. The zero-order valence-corrected chi connectivity index (χ0v) is 8.99. The smallest absolute Gasteiger partial charge is 0.0770 e. The van der Waals surface area contributed by atoms with Gasteiger partial charge in [0.2, 0.25) is 0 Å². The van der Waals surface area contributed by atoms with Crippen molar-refractivity contribution in [3.05, 3.63) is 0 Å². The Morgan fingerprint density at radius 1 is 0.846 bits per heavy atom. The van der Waals surface area contributed by atoms with Gasteiger partial charge in [0.05, 0.1) is 26.2 Å². The van der Waals surface area contributed by atoms with E-state index in [0.29, 0.717) is 0 Å². The van der Waals surface area contributed by atoms with E-state index >= 15 is 0 Å². The van der Waals surface area contributed by atoms with Crippen LogP contribution >= 0.6 is 0 Å². The van der Waals surface area contributed by atoms with Crippen LogP contribution in [0.1, 0.15) is 44.9 Å². The second-order valence-electron chi connectivity index (χ2n) is 4.33. The van der Waals surface area contributed by atoms with Crippen molar-refractivity contribution in [3.8, 4) is 0 Å². The van der Waals surface area contributed by atoms with Crippen molar-refractivity contribution < 1.29 is 10.6 Å². The first kappa shape index (κ1) is 11.0. The maximum absolute atomic E-state index is 3.88. The van der Waals surface area contributed by atoms with Gasteiger partial charge in [-0.3, -0.25) is 0 Å². The molecule has 1 aliphatic rings. The minimum Gasteiger partial charge on any atom is -0.358 e. The average molecular weight is 186 g/mol. The third kappa shape index (κ3) is 5.27. The normalized spacial score (nSPS) is 20.1. The number of likely N-dealkylation sites (tertiary alicyclic amines) is 1. The summed E-state index contributed by atoms with van der Waals surface area (Å²) in [5.74, 6) is 0. The topological polar surface area (TPSA) is 32.1 Å². The molecule has 2 nitrogen and oxygen atoms in total. The van der Waals surface area contributed by atoms with Crippen LogP contribution in [0.3, 0.4) is 0 Å². The number of hydrogen-bond acceptors (Lipinski definition) is 0. The molecule has 0 radical (unpaired) electrons. The Bertz CT molecular complexity index is 107. The van der Waals surface area contributed by atoms with Crippen molar-refractivity contribution in [2.24, 2.45) is 0 Å². The van der Waals surface area contributed by atoms with Crippen LogP contribution in [0.25, 0.3) is 0 Å². The maximum Gasteiger partial charge on any atom is 0.0770 e. The Hall–Kier alpha value is -0.0800. The van der Waals surface area contributed by atoms with E-state index < -0.39 is 0 Å². The zero-order chi connectivity index (χ0) is 9.36. The van der Waals surface area contributed by atoms with E-state index in [4.69, 9.17) is 0 Å². The molecule has 0 atom stereocenters. The first-order valence-corrected chi connectivity index (χ1v) is 6.06. The van der Waals surface area contributed by atoms with Gasteiger partial charge in [0.25, 0.3) is 0 Å². The standard InChI is InChI=1S/C11H24N2/c12-8-4-3-7-11-13-9-5-1-2-6-10-13/h1-12H2/p+2. The predicted molar refractivity (Wildman–Crippen MR) is 55.6 cm³/mol. The van der Waals surface area contributed by atoms with Crippen molar-refractivity contribution in [2.75, 3.05) is 26.2 Å². The number of quaternary nitrogens is 2. The van der Waals surface area contributed by atoms with Crippen LogP contribution in [0.5, 0.6) is 0 Å². The van der Waals surface area contributed by atoms with Gasteiger partial charge in [-0.2, -0.15) is 0 Å². The molecule has 0 aromatic rings. The van der Waals surface area contributed by atoms with E-state index in [1.165, 1.54) is 64.6 Å². The zero-order valence-electron chi connectivity index (χ0n) is 8.99. The largest absolute Gasteiger partial charge is 0.358 e. The van der Waals surface area contributed by atoms with Crippen LogP contribution in [0.4, 0.5) is 0 Å². The van der Waals surface area contributed by atoms with Gasteiger partial charge < -0.3 is 10.6 Å². The molecule has 2 heteroatoms. The molecule has 1 saturated heterocycles. The average Bonchev–Trinajstić information content (AvgIpc) is 2.41. The van der Waals surface area contributed by atoms with Gasteiger partial charge in [0.15, 0.2) is 0 Å². The highest BCUT2D eigenvalue weighted by Crippen LogP contribution is 1.99. The predicted octanol–water partition coefficient (Wildman–Crippen LogP) is -0.142. The maximum atomic E-state index is 3.88. The fourth-order valence-electron chi connectivity index (χ4n) is 2.21. The Balaban J connectivity index is 1.98. The quantitative estimate of drug-likeness (QED) is 0.560. The molecule has 0 spiro atoms. The fourth-order valence-corrected chi connectivity index (χ4v) is 2.21. The minimum atomic E-state index is 1.12. The summed E-state index contributed by atoms with van der Waals surface area (Å²) in [7, 11) is 0. The first-order chi connectivity index (χ1) is 6.43. The van der Waals surface area contributed by atoms with E-state index in [-0.39, 0.29) is 0 Å². The molecule has 1 rings (SSSR count). The van der Waals surface area contributed by atoms with Crippen molar-refractivity contribution in [1.29, 1.82) is 0 Å². The molecule has 0 aliphatic carbocycles. The van der Waals surface area contributed by atoms with E-state index in [1.807, 2.05) is 4.90 Å². The van der Waals surface area contributed by atoms with Crippen LogP contribution < -0.4 is 10.6 Å². The SMILES string of the molecule is [NH3+]CCCCC[NH+]1CCCCCC1. The molecular weight excluding hydrogens is 160 g/mol. The molecule has 1 heterocycles. The van der Waals surface area contributed by atoms with Gasteiger partial charge in [-0.15, -0.1) is 0 Å². The molecule has 0 aromatic heterocycles. The lowest BCUT2D eigenvalue weighted by Crippen LogP contribution is -3.11. The second-order valence-corrected chi connectivity index (χ2v) is 4.33. The van der Waals surface area contributed by atoms with Crippen molar-refractivity contribution in [3.63, 3.8) is 0 Å². The van der Waals surface area contributed by atoms with Crippen LogP contribution in [0, 0.1) is 0 Å². The molecule has 0 amide bonds. The van der Waals surface area contributed by atoms with Crippen LogP contribution in [0.2, 0.25) is 0 Å². The fraction of sp³-hybridized carbons (Fsp3) is 1.00. The third-order valence-electron chi connectivity index (χ3n) is 3.09. The molecule has 1 aliphatic heterocycles. The van der Waals surface area contributed by atoms with Crippen LogP contribution in [-0.4, -0.2) is 26.2 Å². The number of rotatable bonds is 5. The molecule has 78 valence electrons. The Labute approximate surface area is 82.5 Å². The van der Waals surface area contributed by atoms with Gasteiger partial charge in [-0.05, 0) is 44.9 Å². The number of unbranched alkanes of at least 4 members (excludes halogenated alkanes) is 2. The molecule has 13 heavy (non-hydrogen) atoms. The molecule has 0 bridgehead atoms. The van der Waals surface area contributed by atoms with Gasteiger partial charge in [-0.1, -0.05) is 0 Å². The van der Waals surface area contributed by atoms with Gasteiger partial charge in [0, 0.05) is 0 Å². The molecule has 0 saturated carbocycles. The lowest BCUT2D eigenvalue weighted by atomic mass is 10.2. The van der Waals surface area contributed by atoms with Gasteiger partial charge in [0.1, 0.15) is 0 Å². The highest BCUT2D eigenvalue weighted by molar-refractivity contribution is 4.47. The van der Waals surface area contributed by atoms with Crippen molar-refractivity contribution in [1.82, 2.24) is 0 Å². The summed E-state index contributed by atoms with van der Waals surface area (Å²) in [6.45, 7) is 5.41. The van der Waals surface area contributed by atoms with Crippen molar-refractivity contribution in [2.45, 2.75) is 44.9 Å². The number of nitrogens with one attached hydrogen (secondary N) is 1. The summed E-state index contributed by atoms with van der Waals surface area (Å²) in [5.41, 5.74) is 3.88. The van der Waals surface area contributed by atoms with Crippen LogP contribution in [0.15, 0.2) is 0 Å². The molecule has 1 fully saturated rings. The minimum absolute atomic E-state index is 1.12. The molecule has 0 aromatic carbocycles. The van der Waals surface area contributed by atoms with Crippen molar-refractivity contribution >= 4 is 0 Å². The first-order valence-electron chi connectivity index (χ1n) is 6.06. The summed E-state index contributed by atoms with van der Waals surface area (Å²) < 4.78 is 0. The molecule has 0 unspecified atom stereocenters. The van der Waals surface area contributed by atoms with Gasteiger partial charge in [-0.25, -0.2) is 0 Å². The van der Waals surface area contributed by atoms with E-state index in [2.05, 4.69) is 5.73 Å². The van der Waals surface area contributed by atoms with Crippen LogP contribution in [-0.2, 0) is 0 Å². The summed E-state index contributed by atoms with van der Waals surface area (Å²) >= 11 is 0. The monoisotopic (exact) mass is 186 g/mol. The Morgan fingerprint density at radius 3 is 2.15 bits per heavy atom. The van der Waals surface area contributed by atoms with E-state index in [1.54, 1.807) is 0 Å². The second kappa shape index (κ2) is 7.34. The summed E-state index contributed by atoms with van der Waals surface area (Å²) in [4.78, 5) is 1.86.